The third-order valence-corrected chi connectivity index (χ3v) is 5.26. The van der Waals surface area contributed by atoms with Crippen LogP contribution in [0.4, 0.5) is 0 Å². The first-order valence-corrected chi connectivity index (χ1v) is 10.1. The zero-order chi connectivity index (χ0) is 19.7. The van der Waals surface area contributed by atoms with Gasteiger partial charge in [-0.05, 0) is 82.7 Å². The SMILES string of the molecule is Cc1cc(C(C)(C)C)cc(C)c1C(=O)Pc1ccc(OC(C)(C)C)cc1. The van der Waals surface area contributed by atoms with Gasteiger partial charge in [0.1, 0.15) is 11.4 Å². The largest absolute Gasteiger partial charge is 0.488 e. The maximum atomic E-state index is 12.9. The van der Waals surface area contributed by atoms with Gasteiger partial charge in [-0.25, -0.2) is 0 Å². The number of hydrogen-bond acceptors (Lipinski definition) is 2. The van der Waals surface area contributed by atoms with Crippen LogP contribution in [0.1, 0.15) is 68.6 Å². The van der Waals surface area contributed by atoms with Crippen molar-refractivity contribution in [2.75, 3.05) is 0 Å². The van der Waals surface area contributed by atoms with Crippen molar-refractivity contribution in [1.82, 2.24) is 0 Å². The van der Waals surface area contributed by atoms with Crippen LogP contribution in [-0.4, -0.2) is 11.1 Å². The van der Waals surface area contributed by atoms with Crippen LogP contribution >= 0.6 is 8.58 Å². The monoisotopic (exact) mass is 370 g/mol. The lowest BCUT2D eigenvalue weighted by molar-refractivity contribution is 0.108. The highest BCUT2D eigenvalue weighted by atomic mass is 31.1. The van der Waals surface area contributed by atoms with Crippen molar-refractivity contribution in [1.29, 1.82) is 0 Å². The molecule has 3 heteroatoms. The minimum atomic E-state index is -0.220. The van der Waals surface area contributed by atoms with Crippen LogP contribution in [0.25, 0.3) is 0 Å². The van der Waals surface area contributed by atoms with Crippen molar-refractivity contribution in [2.24, 2.45) is 0 Å². The summed E-state index contributed by atoms with van der Waals surface area (Å²) in [5.74, 6) is 0.834. The normalized spacial score (nSPS) is 12.6. The number of aryl methyl sites for hydroxylation is 2. The van der Waals surface area contributed by atoms with Gasteiger partial charge >= 0.3 is 0 Å². The van der Waals surface area contributed by atoms with E-state index in [4.69, 9.17) is 4.74 Å². The summed E-state index contributed by atoms with van der Waals surface area (Å²) in [6.07, 6.45) is 0. The van der Waals surface area contributed by atoms with Crippen LogP contribution in [0.2, 0.25) is 0 Å². The molecule has 2 aromatic carbocycles. The van der Waals surface area contributed by atoms with E-state index in [1.54, 1.807) is 0 Å². The summed E-state index contributed by atoms with van der Waals surface area (Å²) in [6.45, 7) is 16.8. The number of hydrogen-bond donors (Lipinski definition) is 0. The number of ether oxygens (including phenoxy) is 1. The Bertz CT molecular complexity index is 767. The highest BCUT2D eigenvalue weighted by Gasteiger charge is 2.19. The molecule has 2 nitrogen and oxygen atoms in total. The molecule has 0 aliphatic rings. The third-order valence-electron chi connectivity index (χ3n) is 4.16. The fraction of sp³-hybridized carbons (Fsp3) is 0.435. The van der Waals surface area contributed by atoms with E-state index in [-0.39, 0.29) is 25.1 Å². The van der Waals surface area contributed by atoms with E-state index in [0.717, 1.165) is 27.7 Å². The molecule has 2 aromatic rings. The van der Waals surface area contributed by atoms with Gasteiger partial charge in [-0.3, -0.25) is 4.79 Å². The third kappa shape index (κ3) is 5.42. The van der Waals surface area contributed by atoms with Gasteiger partial charge in [0.25, 0.3) is 0 Å². The summed E-state index contributed by atoms with van der Waals surface area (Å²) >= 11 is 0. The number of benzene rings is 2. The number of rotatable bonds is 4. The highest BCUT2D eigenvalue weighted by Crippen LogP contribution is 2.30. The van der Waals surface area contributed by atoms with Gasteiger partial charge in [-0.1, -0.05) is 45.0 Å². The first-order valence-electron chi connectivity index (χ1n) is 9.09. The van der Waals surface area contributed by atoms with Gasteiger partial charge < -0.3 is 4.74 Å². The minimum Gasteiger partial charge on any atom is -0.488 e. The number of carbonyl (C=O) groups is 1. The average Bonchev–Trinajstić information content (AvgIpc) is 2.46. The van der Waals surface area contributed by atoms with E-state index < -0.39 is 0 Å². The van der Waals surface area contributed by atoms with Crippen LogP contribution in [0.5, 0.6) is 5.75 Å². The molecule has 1 atom stereocenters. The second-order valence-electron chi connectivity index (χ2n) is 8.93. The molecule has 26 heavy (non-hydrogen) atoms. The maximum Gasteiger partial charge on any atom is 0.186 e. The van der Waals surface area contributed by atoms with Crippen LogP contribution < -0.4 is 10.0 Å². The Hall–Kier alpha value is -1.66. The van der Waals surface area contributed by atoms with Gasteiger partial charge in [-0.15, -0.1) is 0 Å². The van der Waals surface area contributed by atoms with Crippen molar-refractivity contribution >= 4 is 19.4 Å². The molecule has 0 saturated carbocycles. The molecule has 0 saturated heterocycles. The lowest BCUT2D eigenvalue weighted by Crippen LogP contribution is -2.23. The molecule has 2 rings (SSSR count). The summed E-state index contributed by atoms with van der Waals surface area (Å²) in [6, 6.07) is 12.2. The van der Waals surface area contributed by atoms with Gasteiger partial charge in [0.05, 0.1) is 0 Å². The molecule has 0 spiro atoms. The molecule has 0 fully saturated rings. The van der Waals surface area contributed by atoms with Crippen molar-refractivity contribution in [3.63, 3.8) is 0 Å². The Balaban J connectivity index is 2.20. The molecule has 140 valence electrons. The smallest absolute Gasteiger partial charge is 0.186 e. The van der Waals surface area contributed by atoms with Crippen molar-refractivity contribution < 1.29 is 9.53 Å². The summed E-state index contributed by atoms with van der Waals surface area (Å²) in [4.78, 5) is 12.9. The van der Waals surface area contributed by atoms with Crippen molar-refractivity contribution in [3.8, 4) is 5.75 Å². The zero-order valence-corrected chi connectivity index (χ0v) is 18.3. The van der Waals surface area contributed by atoms with E-state index in [9.17, 15) is 4.79 Å². The molecular weight excluding hydrogens is 339 g/mol. The zero-order valence-electron chi connectivity index (χ0n) is 17.3. The van der Waals surface area contributed by atoms with Crippen molar-refractivity contribution in [3.05, 3.63) is 58.7 Å². The molecule has 0 radical (unpaired) electrons. The summed E-state index contributed by atoms with van der Waals surface area (Å²) in [5.41, 5.74) is 4.35. The van der Waals surface area contributed by atoms with Crippen LogP contribution in [-0.2, 0) is 5.41 Å². The van der Waals surface area contributed by atoms with Crippen LogP contribution in [0.3, 0.4) is 0 Å². The van der Waals surface area contributed by atoms with E-state index >= 15 is 0 Å². The molecule has 0 amide bonds. The van der Waals surface area contributed by atoms with Gasteiger partial charge in [0, 0.05) is 5.56 Å². The first kappa shape index (κ1) is 20.6. The molecule has 0 aromatic heterocycles. The number of carbonyl (C=O) groups excluding carboxylic acids is 1. The average molecular weight is 370 g/mol. The molecule has 0 heterocycles. The Morgan fingerprint density at radius 2 is 1.38 bits per heavy atom. The topological polar surface area (TPSA) is 26.3 Å². The lowest BCUT2D eigenvalue weighted by atomic mass is 9.84. The Morgan fingerprint density at radius 3 is 1.81 bits per heavy atom. The lowest BCUT2D eigenvalue weighted by Gasteiger charge is -2.22. The van der Waals surface area contributed by atoms with Crippen LogP contribution in [0, 0.1) is 13.8 Å². The first-order chi connectivity index (χ1) is 11.9. The predicted molar refractivity (Wildman–Crippen MR) is 114 cm³/mol. The molecule has 0 aliphatic heterocycles. The second kappa shape index (κ2) is 7.53. The van der Waals surface area contributed by atoms with Gasteiger partial charge in [-0.2, -0.15) is 0 Å². The molecule has 1 unspecified atom stereocenters. The van der Waals surface area contributed by atoms with E-state index in [0.29, 0.717) is 0 Å². The fourth-order valence-electron chi connectivity index (χ4n) is 2.91. The molecule has 0 aliphatic carbocycles. The summed E-state index contributed by atoms with van der Waals surface area (Å²) in [5, 5.41) is 1.04. The standard InChI is InChI=1S/C23H31O2P/c1-15-13-17(22(3,4)5)14-16(2)20(15)21(24)26-19-11-9-18(10-12-19)25-23(6,7)8/h9-14,26H,1-8H3. The van der Waals surface area contributed by atoms with Crippen molar-refractivity contribution in [2.45, 2.75) is 66.4 Å². The minimum absolute atomic E-state index is 0.0856. The highest BCUT2D eigenvalue weighted by molar-refractivity contribution is 7.66. The predicted octanol–water partition coefficient (Wildman–Crippen LogP) is 5.92. The van der Waals surface area contributed by atoms with E-state index in [1.165, 1.54) is 5.56 Å². The second-order valence-corrected chi connectivity index (χ2v) is 10.2. The fourth-order valence-corrected chi connectivity index (χ4v) is 4.02. The van der Waals surface area contributed by atoms with Gasteiger partial charge in [0.2, 0.25) is 0 Å². The quantitative estimate of drug-likeness (QED) is 0.624. The Labute approximate surface area is 160 Å². The van der Waals surface area contributed by atoms with E-state index in [1.807, 2.05) is 58.9 Å². The van der Waals surface area contributed by atoms with E-state index in [2.05, 4.69) is 32.9 Å². The molecular formula is C23H31O2P. The van der Waals surface area contributed by atoms with Gasteiger partial charge in [0.15, 0.2) is 5.52 Å². The Kier molecular flexibility index (Phi) is 5.98. The molecule has 0 N–H and O–H groups in total. The van der Waals surface area contributed by atoms with Crippen LogP contribution in [0.15, 0.2) is 36.4 Å². The summed E-state index contributed by atoms with van der Waals surface area (Å²) < 4.78 is 5.85. The summed E-state index contributed by atoms with van der Waals surface area (Å²) in [7, 11) is 0.122. The maximum absolute atomic E-state index is 12.9. The Morgan fingerprint density at radius 1 is 0.885 bits per heavy atom. The molecule has 0 bridgehead atoms.